The van der Waals surface area contributed by atoms with Crippen LogP contribution in [0.1, 0.15) is 47.3 Å². The lowest BCUT2D eigenvalue weighted by Gasteiger charge is -2.32. The Morgan fingerprint density at radius 2 is 1.84 bits per heavy atom. The van der Waals surface area contributed by atoms with Crippen LogP contribution in [0.2, 0.25) is 0 Å². The van der Waals surface area contributed by atoms with E-state index < -0.39 is 0 Å². The summed E-state index contributed by atoms with van der Waals surface area (Å²) in [6, 6.07) is 13.1. The molecule has 3 heterocycles. The molecule has 0 radical (unpaired) electrons. The molecular formula is C22H21FN6O2. The number of nitrogens with one attached hydrogen (secondary N) is 1. The summed E-state index contributed by atoms with van der Waals surface area (Å²) < 4.78 is 13.1. The van der Waals surface area contributed by atoms with Crippen molar-refractivity contribution in [3.8, 4) is 11.4 Å². The molecule has 158 valence electrons. The molecule has 31 heavy (non-hydrogen) atoms. The number of hydrogen-bond acceptors (Lipinski definition) is 5. The average Bonchev–Trinajstić information content (AvgIpc) is 3.40. The van der Waals surface area contributed by atoms with Crippen LogP contribution in [-0.4, -0.2) is 50.0 Å². The maximum atomic E-state index is 13.1. The molecule has 8 nitrogen and oxygen atoms in total. The monoisotopic (exact) mass is 420 g/mol. The number of halogens is 1. The van der Waals surface area contributed by atoms with Gasteiger partial charge in [0.15, 0.2) is 0 Å². The van der Waals surface area contributed by atoms with Crippen LogP contribution in [0, 0.1) is 5.82 Å². The Kier molecular flexibility index (Phi) is 4.93. The molecule has 1 atom stereocenters. The lowest BCUT2D eigenvalue weighted by atomic mass is 10.0. The van der Waals surface area contributed by atoms with Crippen LogP contribution in [0.25, 0.3) is 11.4 Å². The largest absolute Gasteiger partial charge is 0.345 e. The summed E-state index contributed by atoms with van der Waals surface area (Å²) in [6.45, 7) is 1.19. The van der Waals surface area contributed by atoms with Crippen molar-refractivity contribution < 1.29 is 14.0 Å². The quantitative estimate of drug-likeness (QED) is 0.700. The fraction of sp³-hybridized carbons (Fsp3) is 0.318. The van der Waals surface area contributed by atoms with Crippen molar-refractivity contribution >= 4 is 11.8 Å². The highest BCUT2D eigenvalue weighted by atomic mass is 19.1. The minimum atomic E-state index is -0.311. The van der Waals surface area contributed by atoms with Crippen molar-refractivity contribution in [2.75, 3.05) is 13.1 Å². The van der Waals surface area contributed by atoms with Gasteiger partial charge < -0.3 is 10.2 Å². The van der Waals surface area contributed by atoms with Gasteiger partial charge in [-0.15, -0.1) is 10.2 Å². The molecule has 1 saturated heterocycles. The number of benzene rings is 2. The van der Waals surface area contributed by atoms with E-state index in [4.69, 9.17) is 0 Å². The van der Waals surface area contributed by atoms with E-state index in [0.717, 1.165) is 18.4 Å². The first kappa shape index (κ1) is 19.3. The van der Waals surface area contributed by atoms with Gasteiger partial charge in [0.2, 0.25) is 11.7 Å². The fourth-order valence-corrected chi connectivity index (χ4v) is 4.23. The maximum Gasteiger partial charge on any atom is 0.252 e. The second-order valence-corrected chi connectivity index (χ2v) is 7.87. The number of nitrogens with zero attached hydrogens (tertiary/aromatic N) is 5. The molecule has 0 bridgehead atoms. The van der Waals surface area contributed by atoms with Crippen molar-refractivity contribution in [1.29, 1.82) is 0 Å². The number of tetrazole rings is 1. The molecule has 0 unspecified atom stereocenters. The molecule has 5 rings (SSSR count). The highest BCUT2D eigenvalue weighted by Gasteiger charge is 2.32. The van der Waals surface area contributed by atoms with Gasteiger partial charge in [-0.25, -0.2) is 4.39 Å². The second kappa shape index (κ2) is 7.90. The van der Waals surface area contributed by atoms with Gasteiger partial charge in [0.1, 0.15) is 5.82 Å². The third-order valence-electron chi connectivity index (χ3n) is 5.94. The maximum absolute atomic E-state index is 13.1. The van der Waals surface area contributed by atoms with Gasteiger partial charge in [-0.3, -0.25) is 9.59 Å². The Morgan fingerprint density at radius 3 is 2.61 bits per heavy atom. The van der Waals surface area contributed by atoms with Gasteiger partial charge in [0.25, 0.3) is 5.91 Å². The topological polar surface area (TPSA) is 93.0 Å². The van der Waals surface area contributed by atoms with E-state index in [9.17, 15) is 14.0 Å². The zero-order valence-corrected chi connectivity index (χ0v) is 16.7. The first-order chi connectivity index (χ1) is 15.1. The van der Waals surface area contributed by atoms with Crippen molar-refractivity contribution in [3.05, 3.63) is 65.5 Å². The molecule has 3 aromatic rings. The van der Waals surface area contributed by atoms with E-state index in [1.54, 1.807) is 23.0 Å². The number of carbonyl (C=O) groups excluding carboxylic acids is 2. The van der Waals surface area contributed by atoms with Crippen molar-refractivity contribution in [3.63, 3.8) is 0 Å². The van der Waals surface area contributed by atoms with E-state index in [0.29, 0.717) is 30.0 Å². The number of likely N-dealkylation sites (tertiary alicyclic amines) is 1. The molecular weight excluding hydrogens is 399 g/mol. The average molecular weight is 420 g/mol. The SMILES string of the molecule is O=C1N[C@@H](CC(=O)N2CCC(n3nnc(-c4ccc(F)cc4)n3)CC2)c2ccccc21. The van der Waals surface area contributed by atoms with Crippen molar-refractivity contribution in [1.82, 2.24) is 30.4 Å². The fourth-order valence-electron chi connectivity index (χ4n) is 4.23. The molecule has 9 heteroatoms. The molecule has 2 aliphatic rings. The molecule has 2 amide bonds. The first-order valence-electron chi connectivity index (χ1n) is 10.3. The number of aromatic nitrogens is 4. The third-order valence-corrected chi connectivity index (χ3v) is 5.94. The van der Waals surface area contributed by atoms with Gasteiger partial charge >= 0.3 is 0 Å². The highest BCUT2D eigenvalue weighted by molar-refractivity contribution is 5.99. The molecule has 2 aromatic carbocycles. The minimum absolute atomic E-state index is 0.0269. The molecule has 2 aliphatic heterocycles. The summed E-state index contributed by atoms with van der Waals surface area (Å²) in [4.78, 5) is 28.3. The van der Waals surface area contributed by atoms with Crippen LogP contribution in [-0.2, 0) is 4.79 Å². The summed E-state index contributed by atoms with van der Waals surface area (Å²) >= 11 is 0. The van der Waals surface area contributed by atoms with Crippen LogP contribution < -0.4 is 5.32 Å². The van der Waals surface area contributed by atoms with E-state index in [1.807, 2.05) is 23.1 Å². The Balaban J connectivity index is 1.19. The Hall–Kier alpha value is -3.62. The van der Waals surface area contributed by atoms with Gasteiger partial charge in [-0.1, -0.05) is 18.2 Å². The predicted molar refractivity (Wildman–Crippen MR) is 109 cm³/mol. The van der Waals surface area contributed by atoms with E-state index in [1.165, 1.54) is 12.1 Å². The summed E-state index contributed by atoms with van der Waals surface area (Å²) in [5, 5.41) is 15.6. The standard InChI is InChI=1S/C22H21FN6O2/c23-15-7-5-14(6-8-15)21-25-27-29(26-21)16-9-11-28(12-10-16)20(30)13-19-17-3-1-2-4-18(17)22(31)24-19/h1-8,16,19H,9-13H2,(H,24,31)/t19-/m0/s1. The Bertz CT molecular complexity index is 1120. The van der Waals surface area contributed by atoms with Gasteiger partial charge in [0.05, 0.1) is 18.5 Å². The smallest absolute Gasteiger partial charge is 0.252 e. The van der Waals surface area contributed by atoms with Crippen LogP contribution in [0.3, 0.4) is 0 Å². The van der Waals surface area contributed by atoms with Gasteiger partial charge in [-0.05, 0) is 54.0 Å². The zero-order valence-electron chi connectivity index (χ0n) is 16.7. The summed E-state index contributed by atoms with van der Waals surface area (Å²) in [6.07, 6.45) is 1.70. The van der Waals surface area contributed by atoms with E-state index >= 15 is 0 Å². The zero-order chi connectivity index (χ0) is 21.4. The van der Waals surface area contributed by atoms with Crippen LogP contribution >= 0.6 is 0 Å². The van der Waals surface area contributed by atoms with Crippen molar-refractivity contribution in [2.24, 2.45) is 0 Å². The van der Waals surface area contributed by atoms with Crippen LogP contribution in [0.4, 0.5) is 4.39 Å². The molecule has 1 N–H and O–H groups in total. The summed E-state index contributed by atoms with van der Waals surface area (Å²) in [5.41, 5.74) is 2.24. The molecule has 0 spiro atoms. The van der Waals surface area contributed by atoms with Crippen LogP contribution in [0.5, 0.6) is 0 Å². The minimum Gasteiger partial charge on any atom is -0.345 e. The van der Waals surface area contributed by atoms with Crippen LogP contribution in [0.15, 0.2) is 48.5 Å². The lowest BCUT2D eigenvalue weighted by Crippen LogP contribution is -2.40. The second-order valence-electron chi connectivity index (χ2n) is 7.87. The van der Waals surface area contributed by atoms with Crippen molar-refractivity contribution in [2.45, 2.75) is 31.3 Å². The Labute approximate surface area is 178 Å². The van der Waals surface area contributed by atoms with Gasteiger partial charge in [0, 0.05) is 24.2 Å². The van der Waals surface area contributed by atoms with E-state index in [2.05, 4.69) is 20.7 Å². The number of fused-ring (bicyclic) bond motifs is 1. The summed E-state index contributed by atoms with van der Waals surface area (Å²) in [5.74, 6) is 0.0447. The van der Waals surface area contributed by atoms with E-state index in [-0.39, 0.29) is 36.1 Å². The number of amides is 2. The van der Waals surface area contributed by atoms with Gasteiger partial charge in [-0.2, -0.15) is 4.80 Å². The predicted octanol–water partition coefficient (Wildman–Crippen LogP) is 2.52. The third kappa shape index (κ3) is 3.78. The number of piperidine rings is 1. The lowest BCUT2D eigenvalue weighted by molar-refractivity contribution is -0.133. The first-order valence-corrected chi connectivity index (χ1v) is 10.3. The summed E-state index contributed by atoms with van der Waals surface area (Å²) in [7, 11) is 0. The highest BCUT2D eigenvalue weighted by Crippen LogP contribution is 2.29. The Morgan fingerprint density at radius 1 is 1.10 bits per heavy atom. The molecule has 0 aliphatic carbocycles. The normalized spacial score (nSPS) is 18.7. The number of rotatable bonds is 4. The molecule has 1 aromatic heterocycles. The number of carbonyl (C=O) groups is 2. The number of hydrogen-bond donors (Lipinski definition) is 1. The molecule has 1 fully saturated rings. The molecule has 0 saturated carbocycles.